The molecule has 1 aliphatic heterocycles. The zero-order valence-electron chi connectivity index (χ0n) is 13.3. The normalized spacial score (nSPS) is 18.7. The highest BCUT2D eigenvalue weighted by atomic mass is 16.5. The van der Waals surface area contributed by atoms with E-state index in [0.29, 0.717) is 29.1 Å². The van der Waals surface area contributed by atoms with Crippen LogP contribution in [0.15, 0.2) is 23.2 Å². The van der Waals surface area contributed by atoms with Crippen LogP contribution in [0.1, 0.15) is 47.9 Å². The van der Waals surface area contributed by atoms with E-state index in [2.05, 4.69) is 25.4 Å². The van der Waals surface area contributed by atoms with Gasteiger partial charge in [-0.2, -0.15) is 4.98 Å². The molecule has 4 rings (SSSR count). The molecule has 0 N–H and O–H groups in total. The third kappa shape index (κ3) is 2.41. The average molecular weight is 327 g/mol. The Morgan fingerprint density at radius 1 is 1.29 bits per heavy atom. The summed E-state index contributed by atoms with van der Waals surface area (Å²) >= 11 is 0. The van der Waals surface area contributed by atoms with Crippen molar-refractivity contribution in [3.8, 4) is 0 Å². The molecule has 124 valence electrons. The molecule has 1 atom stereocenters. The van der Waals surface area contributed by atoms with Crippen molar-refractivity contribution in [1.82, 2.24) is 35.0 Å². The summed E-state index contributed by atoms with van der Waals surface area (Å²) in [7, 11) is 1.75. The summed E-state index contributed by atoms with van der Waals surface area (Å²) in [5.41, 5.74) is 1.61. The van der Waals surface area contributed by atoms with Crippen LogP contribution in [0.25, 0.3) is 11.2 Å². The highest BCUT2D eigenvalue weighted by molar-refractivity contribution is 6.03. The molecule has 0 radical (unpaired) electrons. The summed E-state index contributed by atoms with van der Waals surface area (Å²) in [5, 5.41) is 12.0. The molecule has 1 fully saturated rings. The Hall–Kier alpha value is -2.84. The van der Waals surface area contributed by atoms with Crippen molar-refractivity contribution in [2.45, 2.75) is 31.7 Å². The molecule has 9 nitrogen and oxygen atoms in total. The minimum atomic E-state index is -0.182. The molecule has 1 amide bonds. The van der Waals surface area contributed by atoms with Gasteiger partial charge in [-0.15, -0.1) is 5.10 Å². The lowest BCUT2D eigenvalue weighted by molar-refractivity contribution is 0.0672. The van der Waals surface area contributed by atoms with E-state index in [1.807, 2.05) is 4.90 Å². The molecule has 9 heteroatoms. The van der Waals surface area contributed by atoms with Gasteiger partial charge in [0, 0.05) is 19.8 Å². The number of likely N-dealkylation sites (tertiary alicyclic amines) is 1. The number of amides is 1. The Labute approximate surface area is 137 Å². The highest BCUT2D eigenvalue weighted by Crippen LogP contribution is 2.30. The molecule has 0 aliphatic carbocycles. The molecule has 1 unspecified atom stereocenters. The molecular formula is C15H17N7O2. The Morgan fingerprint density at radius 2 is 2.21 bits per heavy atom. The number of fused-ring (bicyclic) bond motifs is 1. The molecule has 4 heterocycles. The minimum absolute atomic E-state index is 0.0976. The van der Waals surface area contributed by atoms with E-state index in [4.69, 9.17) is 4.52 Å². The minimum Gasteiger partial charge on any atom is -0.343 e. The Balaban J connectivity index is 1.75. The quantitative estimate of drug-likeness (QED) is 0.702. The molecule has 3 aromatic rings. The molecule has 3 aromatic heterocycles. The van der Waals surface area contributed by atoms with Crippen molar-refractivity contribution in [2.24, 2.45) is 7.05 Å². The van der Waals surface area contributed by atoms with Crippen LogP contribution in [0.4, 0.5) is 0 Å². The predicted octanol–water partition coefficient (Wildman–Crippen LogP) is 1.50. The van der Waals surface area contributed by atoms with Gasteiger partial charge in [0.05, 0.1) is 11.6 Å². The number of hydrogen-bond donors (Lipinski definition) is 0. The van der Waals surface area contributed by atoms with Gasteiger partial charge in [-0.25, -0.2) is 9.67 Å². The Bertz CT molecular complexity index is 858. The second kappa shape index (κ2) is 5.99. The van der Waals surface area contributed by atoms with Crippen molar-refractivity contribution < 1.29 is 9.32 Å². The molecular weight excluding hydrogens is 310 g/mol. The summed E-state index contributed by atoms with van der Waals surface area (Å²) < 4.78 is 6.44. The van der Waals surface area contributed by atoms with Crippen molar-refractivity contribution in [3.05, 3.63) is 30.0 Å². The standard InChI is InChI=1S/C15H17N7O2/c1-21-14-12(18-20-21)10(6-7-16-14)15(23)22-8-4-2-3-5-11(22)13-17-9-24-19-13/h6-7,9,11H,2-5,8H2,1H3. The number of hydrogen-bond acceptors (Lipinski definition) is 7. The van der Waals surface area contributed by atoms with Crippen molar-refractivity contribution >= 4 is 17.1 Å². The highest BCUT2D eigenvalue weighted by Gasteiger charge is 2.31. The van der Waals surface area contributed by atoms with E-state index in [-0.39, 0.29) is 11.9 Å². The van der Waals surface area contributed by atoms with Crippen LogP contribution in [0.2, 0.25) is 0 Å². The van der Waals surface area contributed by atoms with Crippen molar-refractivity contribution in [2.75, 3.05) is 6.54 Å². The first kappa shape index (κ1) is 14.7. The third-order valence-electron chi connectivity index (χ3n) is 4.41. The van der Waals surface area contributed by atoms with Gasteiger partial charge in [0.1, 0.15) is 5.52 Å². The van der Waals surface area contributed by atoms with Crippen LogP contribution in [0, 0.1) is 0 Å². The fourth-order valence-corrected chi connectivity index (χ4v) is 3.21. The third-order valence-corrected chi connectivity index (χ3v) is 4.41. The van der Waals surface area contributed by atoms with Crippen LogP contribution in [-0.4, -0.2) is 47.5 Å². The fraction of sp³-hybridized carbons (Fsp3) is 0.467. The van der Waals surface area contributed by atoms with Gasteiger partial charge in [-0.3, -0.25) is 4.79 Å². The van der Waals surface area contributed by atoms with Crippen LogP contribution < -0.4 is 0 Å². The summed E-state index contributed by atoms with van der Waals surface area (Å²) in [5.74, 6) is 0.453. The topological polar surface area (TPSA) is 103 Å². The Morgan fingerprint density at radius 3 is 3.04 bits per heavy atom. The van der Waals surface area contributed by atoms with E-state index < -0.39 is 0 Å². The lowest BCUT2D eigenvalue weighted by atomic mass is 10.1. The van der Waals surface area contributed by atoms with Crippen LogP contribution in [0.3, 0.4) is 0 Å². The Kier molecular flexibility index (Phi) is 3.68. The smallest absolute Gasteiger partial charge is 0.256 e. The number of carbonyl (C=O) groups excluding carboxylic acids is 1. The van der Waals surface area contributed by atoms with E-state index in [0.717, 1.165) is 25.7 Å². The van der Waals surface area contributed by atoms with Gasteiger partial charge >= 0.3 is 0 Å². The summed E-state index contributed by atoms with van der Waals surface area (Å²) in [6, 6.07) is 1.51. The van der Waals surface area contributed by atoms with Crippen LogP contribution in [0.5, 0.6) is 0 Å². The zero-order chi connectivity index (χ0) is 16.5. The van der Waals surface area contributed by atoms with Gasteiger partial charge in [0.15, 0.2) is 11.5 Å². The van der Waals surface area contributed by atoms with E-state index in [1.165, 1.54) is 6.39 Å². The second-order valence-electron chi connectivity index (χ2n) is 5.90. The summed E-state index contributed by atoms with van der Waals surface area (Å²) in [6.07, 6.45) is 6.79. The van der Waals surface area contributed by atoms with Crippen LogP contribution in [-0.2, 0) is 7.05 Å². The van der Waals surface area contributed by atoms with E-state index in [1.54, 1.807) is 24.0 Å². The molecule has 0 spiro atoms. The molecule has 0 aromatic carbocycles. The lowest BCUT2D eigenvalue weighted by Gasteiger charge is -2.27. The first-order valence-corrected chi connectivity index (χ1v) is 7.97. The van der Waals surface area contributed by atoms with Gasteiger partial charge in [0.25, 0.3) is 5.91 Å². The summed E-state index contributed by atoms with van der Waals surface area (Å²) in [4.78, 5) is 23.4. The molecule has 0 bridgehead atoms. The average Bonchev–Trinajstić information content (AvgIpc) is 3.19. The molecule has 0 saturated carbocycles. The monoisotopic (exact) mass is 327 g/mol. The largest absolute Gasteiger partial charge is 0.343 e. The number of pyridine rings is 1. The van der Waals surface area contributed by atoms with E-state index in [9.17, 15) is 4.79 Å². The van der Waals surface area contributed by atoms with Gasteiger partial charge in [-0.1, -0.05) is 23.2 Å². The molecule has 24 heavy (non-hydrogen) atoms. The van der Waals surface area contributed by atoms with E-state index >= 15 is 0 Å². The maximum absolute atomic E-state index is 13.2. The van der Waals surface area contributed by atoms with Gasteiger partial charge in [-0.05, 0) is 18.9 Å². The summed E-state index contributed by atoms with van der Waals surface area (Å²) in [6.45, 7) is 0.655. The zero-order valence-corrected chi connectivity index (χ0v) is 13.3. The first-order valence-electron chi connectivity index (χ1n) is 7.97. The predicted molar refractivity (Wildman–Crippen MR) is 82.8 cm³/mol. The first-order chi connectivity index (χ1) is 11.8. The molecule has 1 saturated heterocycles. The number of rotatable bonds is 2. The van der Waals surface area contributed by atoms with Crippen molar-refractivity contribution in [1.29, 1.82) is 0 Å². The SMILES string of the molecule is Cn1nnc2c(C(=O)N3CCCCCC3c3ncon3)ccnc21. The number of nitrogens with zero attached hydrogens (tertiary/aromatic N) is 7. The number of aromatic nitrogens is 6. The fourth-order valence-electron chi connectivity index (χ4n) is 3.21. The maximum atomic E-state index is 13.2. The number of aryl methyl sites for hydroxylation is 1. The van der Waals surface area contributed by atoms with Crippen molar-refractivity contribution in [3.63, 3.8) is 0 Å². The number of carbonyl (C=O) groups is 1. The van der Waals surface area contributed by atoms with Gasteiger partial charge < -0.3 is 9.42 Å². The maximum Gasteiger partial charge on any atom is 0.256 e. The van der Waals surface area contributed by atoms with Crippen LogP contribution >= 0.6 is 0 Å². The molecule has 1 aliphatic rings. The second-order valence-corrected chi connectivity index (χ2v) is 5.90. The van der Waals surface area contributed by atoms with Gasteiger partial charge in [0.2, 0.25) is 6.39 Å². The lowest BCUT2D eigenvalue weighted by Crippen LogP contribution is -2.35.